The van der Waals surface area contributed by atoms with Crippen LogP contribution < -0.4 is 5.32 Å². The average molecular weight is 264 g/mol. The second-order valence-electron chi connectivity index (χ2n) is 3.60. The van der Waals surface area contributed by atoms with Gasteiger partial charge < -0.3 is 5.32 Å². The summed E-state index contributed by atoms with van der Waals surface area (Å²) in [7, 11) is 0. The molecule has 0 unspecified atom stereocenters. The van der Waals surface area contributed by atoms with Crippen LogP contribution in [0.1, 0.15) is 51.9 Å². The molecule has 0 aliphatic rings. The molecule has 2 nitrogen and oxygen atoms in total. The summed E-state index contributed by atoms with van der Waals surface area (Å²) in [5, 5.41) is 3.27. The lowest BCUT2D eigenvalue weighted by Gasteiger charge is -2.02. The van der Waals surface area contributed by atoms with Crippen LogP contribution in [0.25, 0.3) is 0 Å². The van der Waals surface area contributed by atoms with Crippen molar-refractivity contribution < 1.29 is 4.79 Å². The molecule has 14 heavy (non-hydrogen) atoms. The third kappa shape index (κ3) is 10.0. The summed E-state index contributed by atoms with van der Waals surface area (Å²) in [6.45, 7) is 3.06. The van der Waals surface area contributed by atoms with Crippen molar-refractivity contribution in [2.45, 2.75) is 51.9 Å². The van der Waals surface area contributed by atoms with Crippen LogP contribution in [-0.2, 0) is 4.79 Å². The van der Waals surface area contributed by atoms with Gasteiger partial charge in [0.05, 0.1) is 5.33 Å². The van der Waals surface area contributed by atoms with Gasteiger partial charge in [-0.3, -0.25) is 4.79 Å². The number of halogens is 1. The summed E-state index contributed by atoms with van der Waals surface area (Å²) in [6, 6.07) is 0. The van der Waals surface area contributed by atoms with Gasteiger partial charge >= 0.3 is 0 Å². The molecule has 1 N–H and O–H groups in total. The van der Waals surface area contributed by atoms with Gasteiger partial charge in [0.25, 0.3) is 0 Å². The van der Waals surface area contributed by atoms with E-state index in [-0.39, 0.29) is 5.91 Å². The van der Waals surface area contributed by atoms with Crippen molar-refractivity contribution in [3.8, 4) is 0 Å². The maximum absolute atomic E-state index is 10.8. The zero-order valence-corrected chi connectivity index (χ0v) is 10.7. The van der Waals surface area contributed by atoms with Crippen LogP contribution in [0.2, 0.25) is 0 Å². The van der Waals surface area contributed by atoms with E-state index < -0.39 is 0 Å². The minimum atomic E-state index is 0.0935. The molecule has 0 heterocycles. The van der Waals surface area contributed by atoms with Crippen molar-refractivity contribution in [2.24, 2.45) is 0 Å². The number of carbonyl (C=O) groups excluding carboxylic acids is 1. The molecule has 0 aromatic carbocycles. The number of nitrogens with one attached hydrogen (secondary N) is 1. The molecule has 0 saturated heterocycles. The van der Waals surface area contributed by atoms with Crippen molar-refractivity contribution in [3.05, 3.63) is 0 Å². The maximum atomic E-state index is 10.8. The normalized spacial score (nSPS) is 10.1. The van der Waals surface area contributed by atoms with E-state index in [1.54, 1.807) is 0 Å². The highest BCUT2D eigenvalue weighted by atomic mass is 79.9. The highest BCUT2D eigenvalue weighted by Crippen LogP contribution is 2.06. The van der Waals surface area contributed by atoms with Gasteiger partial charge in [0, 0.05) is 6.54 Å². The number of rotatable bonds is 9. The maximum Gasteiger partial charge on any atom is 0.230 e. The SMILES string of the molecule is CCCCCCCCCNC(=O)CBr. The second kappa shape index (κ2) is 11.0. The largest absolute Gasteiger partial charge is 0.355 e. The standard InChI is InChI=1S/C11H22BrNO/c1-2-3-4-5-6-7-8-9-13-11(14)10-12/h2-10H2,1H3,(H,13,14). The van der Waals surface area contributed by atoms with Gasteiger partial charge in [-0.2, -0.15) is 0 Å². The van der Waals surface area contributed by atoms with Crippen molar-refractivity contribution in [1.29, 1.82) is 0 Å². The predicted molar refractivity (Wildman–Crippen MR) is 64.8 cm³/mol. The molecule has 0 aliphatic heterocycles. The molecule has 84 valence electrons. The molecule has 0 saturated carbocycles. The average Bonchev–Trinajstić information content (AvgIpc) is 2.21. The summed E-state index contributed by atoms with van der Waals surface area (Å²) in [4.78, 5) is 10.8. The number of hydrogen-bond acceptors (Lipinski definition) is 1. The molecule has 0 aromatic rings. The summed E-state index contributed by atoms with van der Waals surface area (Å²) in [5.41, 5.74) is 0. The molecule has 0 aromatic heterocycles. The highest BCUT2D eigenvalue weighted by Gasteiger charge is 1.95. The zero-order valence-electron chi connectivity index (χ0n) is 9.15. The number of unbranched alkanes of at least 4 members (excludes halogenated alkanes) is 6. The first-order valence-electron chi connectivity index (χ1n) is 5.64. The van der Waals surface area contributed by atoms with Crippen molar-refractivity contribution in [2.75, 3.05) is 11.9 Å². The van der Waals surface area contributed by atoms with Crippen LogP contribution in [0.15, 0.2) is 0 Å². The van der Waals surface area contributed by atoms with E-state index in [1.165, 1.54) is 38.5 Å². The Kier molecular flexibility index (Phi) is 11.0. The van der Waals surface area contributed by atoms with Gasteiger partial charge in [-0.25, -0.2) is 0 Å². The second-order valence-corrected chi connectivity index (χ2v) is 4.17. The minimum absolute atomic E-state index is 0.0935. The quantitative estimate of drug-likeness (QED) is 0.502. The molecule has 0 aliphatic carbocycles. The van der Waals surface area contributed by atoms with E-state index >= 15 is 0 Å². The molecule has 3 heteroatoms. The molecular formula is C11H22BrNO. The smallest absolute Gasteiger partial charge is 0.230 e. The van der Waals surface area contributed by atoms with E-state index in [4.69, 9.17) is 0 Å². The highest BCUT2D eigenvalue weighted by molar-refractivity contribution is 9.09. The van der Waals surface area contributed by atoms with Gasteiger partial charge in [-0.15, -0.1) is 0 Å². The van der Waals surface area contributed by atoms with E-state index in [9.17, 15) is 4.79 Å². The zero-order chi connectivity index (χ0) is 10.6. The Morgan fingerprint density at radius 3 is 2.21 bits per heavy atom. The van der Waals surface area contributed by atoms with Crippen molar-refractivity contribution in [1.82, 2.24) is 5.32 Å². The number of hydrogen-bond donors (Lipinski definition) is 1. The fourth-order valence-corrected chi connectivity index (χ4v) is 1.56. The number of alkyl halides is 1. The minimum Gasteiger partial charge on any atom is -0.355 e. The first-order chi connectivity index (χ1) is 6.81. The Balaban J connectivity index is 2.95. The summed E-state index contributed by atoms with van der Waals surface area (Å²) < 4.78 is 0. The molecule has 0 fully saturated rings. The predicted octanol–water partition coefficient (Wildman–Crippen LogP) is 3.25. The molecule has 1 amide bonds. The van der Waals surface area contributed by atoms with E-state index in [0.29, 0.717) is 5.33 Å². The van der Waals surface area contributed by atoms with Gasteiger partial charge in [0.2, 0.25) is 5.91 Å². The molecule has 0 radical (unpaired) electrons. The Morgan fingerprint density at radius 1 is 1.07 bits per heavy atom. The Morgan fingerprint density at radius 2 is 1.64 bits per heavy atom. The fraction of sp³-hybridized carbons (Fsp3) is 0.909. The Labute approximate surface area is 96.0 Å². The molecule has 0 bridgehead atoms. The fourth-order valence-electron chi connectivity index (χ4n) is 1.36. The van der Waals surface area contributed by atoms with Crippen LogP contribution in [0.3, 0.4) is 0 Å². The third-order valence-corrected chi connectivity index (χ3v) is 2.73. The Bertz CT molecular complexity index is 139. The van der Waals surface area contributed by atoms with Crippen molar-refractivity contribution in [3.63, 3.8) is 0 Å². The van der Waals surface area contributed by atoms with Crippen LogP contribution >= 0.6 is 15.9 Å². The Hall–Kier alpha value is -0.0500. The van der Waals surface area contributed by atoms with Crippen LogP contribution in [0.5, 0.6) is 0 Å². The van der Waals surface area contributed by atoms with E-state index in [1.807, 2.05) is 0 Å². The summed E-state index contributed by atoms with van der Waals surface area (Å²) >= 11 is 3.11. The topological polar surface area (TPSA) is 29.1 Å². The van der Waals surface area contributed by atoms with Crippen LogP contribution in [0, 0.1) is 0 Å². The summed E-state index contributed by atoms with van der Waals surface area (Å²) in [6.07, 6.45) is 9.05. The van der Waals surface area contributed by atoms with Crippen LogP contribution in [-0.4, -0.2) is 17.8 Å². The lowest BCUT2D eigenvalue weighted by molar-refractivity contribution is -0.118. The van der Waals surface area contributed by atoms with E-state index in [2.05, 4.69) is 28.2 Å². The first-order valence-corrected chi connectivity index (χ1v) is 6.76. The van der Waals surface area contributed by atoms with Gasteiger partial charge in [-0.05, 0) is 6.42 Å². The molecule has 0 rings (SSSR count). The number of amides is 1. The monoisotopic (exact) mass is 263 g/mol. The molecular weight excluding hydrogens is 242 g/mol. The number of carbonyl (C=O) groups is 1. The lowest BCUT2D eigenvalue weighted by atomic mass is 10.1. The lowest BCUT2D eigenvalue weighted by Crippen LogP contribution is -2.25. The van der Waals surface area contributed by atoms with Crippen molar-refractivity contribution >= 4 is 21.8 Å². The van der Waals surface area contributed by atoms with E-state index in [0.717, 1.165) is 13.0 Å². The third-order valence-electron chi connectivity index (χ3n) is 2.22. The van der Waals surface area contributed by atoms with Crippen LogP contribution in [0.4, 0.5) is 0 Å². The van der Waals surface area contributed by atoms with Gasteiger partial charge in [-0.1, -0.05) is 61.4 Å². The summed E-state index contributed by atoms with van der Waals surface area (Å²) in [5.74, 6) is 0.0935. The first kappa shape index (κ1) is 13.9. The molecule has 0 atom stereocenters. The van der Waals surface area contributed by atoms with Gasteiger partial charge in [0.15, 0.2) is 0 Å². The molecule has 0 spiro atoms. The van der Waals surface area contributed by atoms with Gasteiger partial charge in [0.1, 0.15) is 0 Å².